The minimum Gasteiger partial charge on any atom is -0.481 e. The van der Waals surface area contributed by atoms with E-state index in [0.717, 1.165) is 16.7 Å². The van der Waals surface area contributed by atoms with E-state index in [2.05, 4.69) is 53.8 Å². The predicted molar refractivity (Wildman–Crippen MR) is 158 cm³/mol. The summed E-state index contributed by atoms with van der Waals surface area (Å²) in [6, 6.07) is 26.1. The summed E-state index contributed by atoms with van der Waals surface area (Å²) in [5.74, 6) is -2.14. The van der Waals surface area contributed by atoms with E-state index in [1.54, 1.807) is 0 Å². The number of aryl methyl sites for hydroxylation is 1. The molecule has 2 atom stereocenters. The highest BCUT2D eigenvalue weighted by atomic mass is 16.4. The fourth-order valence-electron chi connectivity index (χ4n) is 4.75. The zero-order valence-corrected chi connectivity index (χ0v) is 23.6. The topological polar surface area (TPSA) is 101 Å². The van der Waals surface area contributed by atoms with E-state index < -0.39 is 17.9 Å². The predicted octanol–water partition coefficient (Wildman–Crippen LogP) is 6.51. The van der Waals surface area contributed by atoms with Crippen LogP contribution in [0.5, 0.6) is 0 Å². The maximum absolute atomic E-state index is 13.0. The highest BCUT2D eigenvalue weighted by Crippen LogP contribution is 2.25. The largest absolute Gasteiger partial charge is 0.481 e. The first kappa shape index (κ1) is 30.5. The molecule has 2 N–H and O–H groups in total. The second kappa shape index (κ2) is 14.9. The third kappa shape index (κ3) is 9.60. The van der Waals surface area contributed by atoms with Crippen molar-refractivity contribution >= 4 is 23.4 Å². The number of hydrogen-bond acceptors (Lipinski definition) is 4. The number of Topliss-reactive ketones (excluding diaryl/α,β-unsaturated/α-hetero) is 2. The molecule has 0 heterocycles. The molecule has 1 amide bonds. The first-order valence-corrected chi connectivity index (χ1v) is 13.9. The number of amides is 1. The van der Waals surface area contributed by atoms with Gasteiger partial charge >= 0.3 is 5.97 Å². The van der Waals surface area contributed by atoms with Gasteiger partial charge in [-0.15, -0.1) is 0 Å². The van der Waals surface area contributed by atoms with Crippen molar-refractivity contribution in [1.82, 2.24) is 5.32 Å². The van der Waals surface area contributed by atoms with Crippen LogP contribution in [0.3, 0.4) is 0 Å². The number of rotatable bonds is 15. The Morgan fingerprint density at radius 2 is 1.27 bits per heavy atom. The van der Waals surface area contributed by atoms with E-state index >= 15 is 0 Å². The normalized spacial score (nSPS) is 12.5. The van der Waals surface area contributed by atoms with Gasteiger partial charge in [0.15, 0.2) is 5.78 Å². The summed E-state index contributed by atoms with van der Waals surface area (Å²) >= 11 is 0. The van der Waals surface area contributed by atoms with Crippen molar-refractivity contribution in [2.45, 2.75) is 65.3 Å². The molecule has 3 aromatic rings. The molecule has 0 radical (unpaired) electrons. The standard InChI is InChI=1S/C34H39NO5/c1-23(2)21-31(32(37)22-30(24(3)36)18-20-34(39)40)35-33(38)19-11-25-9-12-27(13-10-25)29-16-14-28(15-17-29)26-7-5-4-6-8-26/h4-10,12-17,23,30-31H,11,18-22H2,1-3H3,(H,35,38)(H,39,40)/t30-,31+/m1/s1. The molecule has 0 spiro atoms. The van der Waals surface area contributed by atoms with Gasteiger partial charge in [0.05, 0.1) is 6.04 Å². The lowest BCUT2D eigenvalue weighted by Crippen LogP contribution is -2.42. The number of carboxylic acid groups (broad SMARTS) is 1. The van der Waals surface area contributed by atoms with Gasteiger partial charge < -0.3 is 10.4 Å². The number of carbonyl (C=O) groups is 4. The number of nitrogens with one attached hydrogen (secondary N) is 1. The van der Waals surface area contributed by atoms with Crippen molar-refractivity contribution < 1.29 is 24.3 Å². The minimum atomic E-state index is -1.00. The molecule has 0 fully saturated rings. The molecular weight excluding hydrogens is 502 g/mol. The highest BCUT2D eigenvalue weighted by molar-refractivity contribution is 5.92. The van der Waals surface area contributed by atoms with Gasteiger partial charge in [-0.3, -0.25) is 19.2 Å². The van der Waals surface area contributed by atoms with Crippen molar-refractivity contribution in [1.29, 1.82) is 0 Å². The van der Waals surface area contributed by atoms with E-state index in [0.29, 0.717) is 12.8 Å². The van der Waals surface area contributed by atoms with Gasteiger partial charge in [-0.05, 0) is 59.9 Å². The number of carboxylic acids is 1. The number of hydrogen-bond donors (Lipinski definition) is 2. The zero-order valence-electron chi connectivity index (χ0n) is 23.6. The van der Waals surface area contributed by atoms with Gasteiger partial charge in [-0.25, -0.2) is 0 Å². The molecule has 0 unspecified atom stereocenters. The first-order chi connectivity index (χ1) is 19.1. The Labute approximate surface area is 236 Å². The summed E-state index contributed by atoms with van der Waals surface area (Å²) in [4.78, 5) is 48.7. The Balaban J connectivity index is 1.56. The van der Waals surface area contributed by atoms with Crippen LogP contribution in [0, 0.1) is 11.8 Å². The van der Waals surface area contributed by atoms with Gasteiger partial charge in [0, 0.05) is 25.2 Å². The van der Waals surface area contributed by atoms with E-state index in [9.17, 15) is 19.2 Å². The number of benzene rings is 3. The quantitative estimate of drug-likeness (QED) is 0.228. The molecule has 3 aromatic carbocycles. The van der Waals surface area contributed by atoms with Gasteiger partial charge in [0.2, 0.25) is 5.91 Å². The second-order valence-corrected chi connectivity index (χ2v) is 10.8. The summed E-state index contributed by atoms with van der Waals surface area (Å²) in [7, 11) is 0. The van der Waals surface area contributed by atoms with Crippen molar-refractivity contribution in [2.75, 3.05) is 0 Å². The number of aliphatic carboxylic acids is 1. The molecule has 6 nitrogen and oxygen atoms in total. The maximum Gasteiger partial charge on any atom is 0.303 e. The molecule has 210 valence electrons. The summed E-state index contributed by atoms with van der Waals surface area (Å²) < 4.78 is 0. The lowest BCUT2D eigenvalue weighted by atomic mass is 9.89. The van der Waals surface area contributed by atoms with Crippen LogP contribution in [-0.2, 0) is 25.6 Å². The van der Waals surface area contributed by atoms with Crippen LogP contribution in [0.1, 0.15) is 58.4 Å². The fraction of sp³-hybridized carbons (Fsp3) is 0.353. The minimum absolute atomic E-state index is 0.0614. The Morgan fingerprint density at radius 3 is 1.77 bits per heavy atom. The Bertz CT molecular complexity index is 1280. The van der Waals surface area contributed by atoms with E-state index in [-0.39, 0.29) is 49.1 Å². The number of carbonyl (C=O) groups excluding carboxylic acids is 3. The van der Waals surface area contributed by atoms with Crippen LogP contribution in [0.15, 0.2) is 78.9 Å². The summed E-state index contributed by atoms with van der Waals surface area (Å²) in [6.07, 6.45) is 1.13. The van der Waals surface area contributed by atoms with Crippen molar-refractivity contribution in [3.8, 4) is 22.3 Å². The third-order valence-corrected chi connectivity index (χ3v) is 7.08. The Kier molecular flexibility index (Phi) is 11.4. The smallest absolute Gasteiger partial charge is 0.303 e. The molecular formula is C34H39NO5. The molecule has 0 aliphatic rings. The molecule has 0 bridgehead atoms. The zero-order chi connectivity index (χ0) is 29.1. The second-order valence-electron chi connectivity index (χ2n) is 10.8. The van der Waals surface area contributed by atoms with E-state index in [1.807, 2.05) is 44.2 Å². The Morgan fingerprint density at radius 1 is 0.750 bits per heavy atom. The molecule has 0 saturated carbocycles. The van der Waals surface area contributed by atoms with Crippen LogP contribution in [0.25, 0.3) is 22.3 Å². The van der Waals surface area contributed by atoms with E-state index in [4.69, 9.17) is 5.11 Å². The molecule has 3 rings (SSSR count). The summed E-state index contributed by atoms with van der Waals surface area (Å²) in [5, 5.41) is 11.8. The van der Waals surface area contributed by atoms with Crippen LogP contribution in [-0.4, -0.2) is 34.6 Å². The SMILES string of the molecule is CC(=O)[C@H](CCC(=O)O)CC(=O)[C@H](CC(C)C)NC(=O)CCc1ccc(-c2ccc(-c3ccccc3)cc2)cc1. The van der Waals surface area contributed by atoms with Crippen LogP contribution in [0.4, 0.5) is 0 Å². The van der Waals surface area contributed by atoms with Crippen LogP contribution >= 0.6 is 0 Å². The van der Waals surface area contributed by atoms with Crippen molar-refractivity contribution in [3.63, 3.8) is 0 Å². The average Bonchev–Trinajstić information content (AvgIpc) is 2.94. The molecule has 0 aliphatic carbocycles. The summed E-state index contributed by atoms with van der Waals surface area (Å²) in [5.41, 5.74) is 5.58. The fourth-order valence-corrected chi connectivity index (χ4v) is 4.75. The van der Waals surface area contributed by atoms with Crippen LogP contribution < -0.4 is 5.32 Å². The number of ketones is 2. The molecule has 6 heteroatoms. The maximum atomic E-state index is 13.0. The Hall–Kier alpha value is -4.06. The van der Waals surface area contributed by atoms with Gasteiger partial charge in [-0.2, -0.15) is 0 Å². The van der Waals surface area contributed by atoms with Crippen molar-refractivity contribution in [2.24, 2.45) is 11.8 Å². The lowest BCUT2D eigenvalue weighted by molar-refractivity contribution is -0.138. The molecule has 0 aromatic heterocycles. The molecule has 0 saturated heterocycles. The average molecular weight is 542 g/mol. The molecule has 0 aliphatic heterocycles. The summed E-state index contributed by atoms with van der Waals surface area (Å²) in [6.45, 7) is 5.31. The monoisotopic (exact) mass is 541 g/mol. The van der Waals surface area contributed by atoms with Gasteiger partial charge in [0.25, 0.3) is 0 Å². The lowest BCUT2D eigenvalue weighted by Gasteiger charge is -2.22. The van der Waals surface area contributed by atoms with Crippen molar-refractivity contribution in [3.05, 3.63) is 84.4 Å². The molecule has 40 heavy (non-hydrogen) atoms. The first-order valence-electron chi connectivity index (χ1n) is 13.9. The van der Waals surface area contributed by atoms with Crippen LogP contribution in [0.2, 0.25) is 0 Å². The highest BCUT2D eigenvalue weighted by Gasteiger charge is 2.27. The third-order valence-electron chi connectivity index (χ3n) is 7.08. The van der Waals surface area contributed by atoms with E-state index in [1.165, 1.54) is 18.1 Å². The van der Waals surface area contributed by atoms with Gasteiger partial charge in [-0.1, -0.05) is 92.7 Å². The van der Waals surface area contributed by atoms with Gasteiger partial charge in [0.1, 0.15) is 5.78 Å².